The number of carbonyl (C=O) groups is 2. The lowest BCUT2D eigenvalue weighted by atomic mass is 10.0. The Kier molecular flexibility index (Phi) is 8.88. The maximum atomic E-state index is 13.6. The zero-order valence-corrected chi connectivity index (χ0v) is 19.1. The molecule has 1 unspecified atom stereocenters. The van der Waals surface area contributed by atoms with Crippen LogP contribution in [-0.4, -0.2) is 29.3 Å². The zero-order chi connectivity index (χ0) is 22.8. The maximum absolute atomic E-state index is 13.6. The standard InChI is InChI=1S/C27H29ClN2O2/c1-2-17-29-27(32)25(18-21-11-5-3-6-12-21)30(20-22-13-7-4-8-14-22)26(31)19-23-15-9-10-16-24(23)28/h3-16,25H,2,17-20H2,1H3,(H,29,32). The highest BCUT2D eigenvalue weighted by Crippen LogP contribution is 2.20. The Hall–Kier alpha value is -3.11. The molecule has 2 amide bonds. The molecule has 0 saturated carbocycles. The third-order valence-electron chi connectivity index (χ3n) is 5.32. The normalized spacial score (nSPS) is 11.6. The third-order valence-corrected chi connectivity index (χ3v) is 5.68. The summed E-state index contributed by atoms with van der Waals surface area (Å²) in [7, 11) is 0. The van der Waals surface area contributed by atoms with Gasteiger partial charge in [0.25, 0.3) is 0 Å². The van der Waals surface area contributed by atoms with Gasteiger partial charge in [-0.25, -0.2) is 0 Å². The van der Waals surface area contributed by atoms with E-state index >= 15 is 0 Å². The van der Waals surface area contributed by atoms with Crippen LogP contribution < -0.4 is 5.32 Å². The van der Waals surface area contributed by atoms with Crippen LogP contribution in [0.15, 0.2) is 84.9 Å². The maximum Gasteiger partial charge on any atom is 0.243 e. The second kappa shape index (κ2) is 12.1. The van der Waals surface area contributed by atoms with Crippen molar-refractivity contribution in [1.82, 2.24) is 10.2 Å². The second-order valence-electron chi connectivity index (χ2n) is 7.77. The van der Waals surface area contributed by atoms with Gasteiger partial charge >= 0.3 is 0 Å². The minimum Gasteiger partial charge on any atom is -0.354 e. The quantitative estimate of drug-likeness (QED) is 0.472. The molecule has 0 spiro atoms. The lowest BCUT2D eigenvalue weighted by molar-refractivity contribution is -0.140. The number of hydrogen-bond donors (Lipinski definition) is 1. The van der Waals surface area contributed by atoms with Gasteiger partial charge in [0, 0.05) is 24.5 Å². The van der Waals surface area contributed by atoms with Crippen molar-refractivity contribution in [2.24, 2.45) is 0 Å². The largest absolute Gasteiger partial charge is 0.354 e. The Morgan fingerprint density at radius 3 is 2.09 bits per heavy atom. The predicted octanol–water partition coefficient (Wildman–Crippen LogP) is 5.05. The average molecular weight is 449 g/mol. The van der Waals surface area contributed by atoms with Crippen LogP contribution in [0.1, 0.15) is 30.0 Å². The van der Waals surface area contributed by atoms with E-state index in [1.54, 1.807) is 11.0 Å². The van der Waals surface area contributed by atoms with Crippen LogP contribution >= 0.6 is 11.6 Å². The highest BCUT2D eigenvalue weighted by Gasteiger charge is 2.30. The molecule has 166 valence electrons. The zero-order valence-electron chi connectivity index (χ0n) is 18.3. The van der Waals surface area contributed by atoms with E-state index < -0.39 is 6.04 Å². The van der Waals surface area contributed by atoms with E-state index in [1.165, 1.54) is 0 Å². The van der Waals surface area contributed by atoms with Crippen molar-refractivity contribution in [2.45, 2.75) is 38.8 Å². The Morgan fingerprint density at radius 1 is 0.875 bits per heavy atom. The van der Waals surface area contributed by atoms with E-state index in [1.807, 2.05) is 85.8 Å². The van der Waals surface area contributed by atoms with Crippen LogP contribution in [0.3, 0.4) is 0 Å². The molecule has 3 rings (SSSR count). The molecule has 3 aromatic rings. The van der Waals surface area contributed by atoms with Gasteiger partial charge in [-0.05, 0) is 29.2 Å². The number of halogens is 1. The number of nitrogens with zero attached hydrogens (tertiary/aromatic N) is 1. The van der Waals surface area contributed by atoms with Gasteiger partial charge in [-0.1, -0.05) is 97.4 Å². The fourth-order valence-corrected chi connectivity index (χ4v) is 3.81. The molecule has 0 aromatic heterocycles. The molecule has 4 nitrogen and oxygen atoms in total. The SMILES string of the molecule is CCCNC(=O)C(Cc1ccccc1)N(Cc1ccccc1)C(=O)Cc1ccccc1Cl. The minimum absolute atomic E-state index is 0.130. The summed E-state index contributed by atoms with van der Waals surface area (Å²) in [6.07, 6.45) is 1.41. The Morgan fingerprint density at radius 2 is 1.47 bits per heavy atom. The van der Waals surface area contributed by atoms with Gasteiger partial charge in [-0.15, -0.1) is 0 Å². The molecule has 0 heterocycles. The van der Waals surface area contributed by atoms with Crippen LogP contribution in [-0.2, 0) is 29.0 Å². The van der Waals surface area contributed by atoms with Crippen molar-refractivity contribution in [2.75, 3.05) is 6.54 Å². The van der Waals surface area contributed by atoms with E-state index in [2.05, 4.69) is 5.32 Å². The van der Waals surface area contributed by atoms with Gasteiger partial charge in [0.2, 0.25) is 11.8 Å². The number of nitrogens with one attached hydrogen (secondary N) is 1. The lowest BCUT2D eigenvalue weighted by Gasteiger charge is -2.31. The summed E-state index contributed by atoms with van der Waals surface area (Å²) in [5, 5.41) is 3.54. The summed E-state index contributed by atoms with van der Waals surface area (Å²) < 4.78 is 0. The fourth-order valence-electron chi connectivity index (χ4n) is 3.61. The molecule has 1 N–H and O–H groups in total. The molecule has 1 atom stereocenters. The third kappa shape index (κ3) is 6.69. The molecule has 0 bridgehead atoms. The summed E-state index contributed by atoms with van der Waals surface area (Å²) in [5.41, 5.74) is 2.73. The first-order valence-electron chi connectivity index (χ1n) is 11.0. The molecule has 3 aromatic carbocycles. The first kappa shape index (κ1) is 23.6. The van der Waals surface area contributed by atoms with Gasteiger partial charge in [0.15, 0.2) is 0 Å². The first-order valence-corrected chi connectivity index (χ1v) is 11.3. The van der Waals surface area contributed by atoms with Gasteiger partial charge in [0.05, 0.1) is 6.42 Å². The van der Waals surface area contributed by atoms with Crippen molar-refractivity contribution >= 4 is 23.4 Å². The van der Waals surface area contributed by atoms with Crippen molar-refractivity contribution < 1.29 is 9.59 Å². The van der Waals surface area contributed by atoms with Crippen molar-refractivity contribution in [3.63, 3.8) is 0 Å². The monoisotopic (exact) mass is 448 g/mol. The van der Waals surface area contributed by atoms with Gasteiger partial charge in [-0.3, -0.25) is 9.59 Å². The van der Waals surface area contributed by atoms with Crippen LogP contribution in [0, 0.1) is 0 Å². The topological polar surface area (TPSA) is 49.4 Å². The van der Waals surface area contributed by atoms with Crippen molar-refractivity contribution in [3.8, 4) is 0 Å². The van der Waals surface area contributed by atoms with E-state index in [0.29, 0.717) is 24.5 Å². The summed E-state index contributed by atoms with van der Waals surface area (Å²) in [5.74, 6) is -0.270. The van der Waals surface area contributed by atoms with Crippen LogP contribution in [0.2, 0.25) is 5.02 Å². The molecule has 0 aliphatic rings. The highest BCUT2D eigenvalue weighted by molar-refractivity contribution is 6.31. The number of benzene rings is 3. The molecule has 0 radical (unpaired) electrons. The minimum atomic E-state index is -0.626. The Balaban J connectivity index is 1.94. The lowest BCUT2D eigenvalue weighted by Crippen LogP contribution is -2.51. The summed E-state index contributed by atoms with van der Waals surface area (Å²) in [6.45, 7) is 2.93. The van der Waals surface area contributed by atoms with E-state index in [9.17, 15) is 9.59 Å². The molecule has 0 saturated heterocycles. The Labute approximate surface area is 195 Å². The van der Waals surface area contributed by atoms with Crippen molar-refractivity contribution in [1.29, 1.82) is 0 Å². The summed E-state index contributed by atoms with van der Waals surface area (Å²) in [6, 6.07) is 26.3. The average Bonchev–Trinajstić information content (AvgIpc) is 2.82. The van der Waals surface area contributed by atoms with E-state index in [-0.39, 0.29) is 18.2 Å². The second-order valence-corrected chi connectivity index (χ2v) is 8.18. The molecular weight excluding hydrogens is 420 g/mol. The van der Waals surface area contributed by atoms with Gasteiger partial charge in [-0.2, -0.15) is 0 Å². The van der Waals surface area contributed by atoms with E-state index in [4.69, 9.17) is 11.6 Å². The molecule has 0 aliphatic heterocycles. The number of hydrogen-bond acceptors (Lipinski definition) is 2. The summed E-state index contributed by atoms with van der Waals surface area (Å²) >= 11 is 6.32. The van der Waals surface area contributed by atoms with Crippen LogP contribution in [0.25, 0.3) is 0 Å². The van der Waals surface area contributed by atoms with E-state index in [0.717, 1.165) is 23.1 Å². The number of rotatable bonds is 10. The van der Waals surface area contributed by atoms with Gasteiger partial charge < -0.3 is 10.2 Å². The summed E-state index contributed by atoms with van der Waals surface area (Å²) in [4.78, 5) is 28.5. The molecule has 32 heavy (non-hydrogen) atoms. The fraction of sp³-hybridized carbons (Fsp3) is 0.259. The van der Waals surface area contributed by atoms with Crippen LogP contribution in [0.5, 0.6) is 0 Å². The number of amides is 2. The number of carbonyl (C=O) groups excluding carboxylic acids is 2. The molecular formula is C27H29ClN2O2. The predicted molar refractivity (Wildman–Crippen MR) is 129 cm³/mol. The van der Waals surface area contributed by atoms with Crippen LogP contribution in [0.4, 0.5) is 0 Å². The first-order chi connectivity index (χ1) is 15.6. The molecule has 0 aliphatic carbocycles. The highest BCUT2D eigenvalue weighted by atomic mass is 35.5. The molecule has 5 heteroatoms. The smallest absolute Gasteiger partial charge is 0.243 e. The Bertz CT molecular complexity index is 1010. The van der Waals surface area contributed by atoms with Gasteiger partial charge in [0.1, 0.15) is 6.04 Å². The molecule has 0 fully saturated rings. The van der Waals surface area contributed by atoms with Crippen molar-refractivity contribution in [3.05, 3.63) is 107 Å².